The summed E-state index contributed by atoms with van der Waals surface area (Å²) in [5, 5.41) is 4.53. The molecule has 0 bridgehead atoms. The van der Waals surface area contributed by atoms with Gasteiger partial charge >= 0.3 is 0 Å². The van der Waals surface area contributed by atoms with E-state index in [0.717, 1.165) is 24.4 Å². The molecule has 0 amide bonds. The highest BCUT2D eigenvalue weighted by molar-refractivity contribution is 6.34. The van der Waals surface area contributed by atoms with Crippen molar-refractivity contribution < 1.29 is 9.47 Å². The van der Waals surface area contributed by atoms with E-state index in [1.807, 2.05) is 36.4 Å². The summed E-state index contributed by atoms with van der Waals surface area (Å²) in [4.78, 5) is 0. The third-order valence-electron chi connectivity index (χ3n) is 3.06. The predicted octanol–water partition coefficient (Wildman–Crippen LogP) is 4.31. The Labute approximate surface area is 141 Å². The van der Waals surface area contributed by atoms with Gasteiger partial charge in [0.1, 0.15) is 12.4 Å². The number of halogens is 2. The number of benzene rings is 2. The highest BCUT2D eigenvalue weighted by Crippen LogP contribution is 2.21. The van der Waals surface area contributed by atoms with Crippen LogP contribution in [-0.4, -0.2) is 20.3 Å². The standard InChI is InChI=1S/C17H19Cl2NO2/c1-21-7-6-20-11-13-2-4-17(5-3-13)22-12-14-8-15(18)10-16(19)9-14/h2-5,8-10,20H,6-7,11-12H2,1H3. The van der Waals surface area contributed by atoms with Gasteiger partial charge in [-0.2, -0.15) is 0 Å². The number of ether oxygens (including phenoxy) is 2. The van der Waals surface area contributed by atoms with E-state index >= 15 is 0 Å². The van der Waals surface area contributed by atoms with Crippen molar-refractivity contribution in [3.05, 3.63) is 63.6 Å². The lowest BCUT2D eigenvalue weighted by molar-refractivity contribution is 0.199. The molecule has 2 aromatic rings. The summed E-state index contributed by atoms with van der Waals surface area (Å²) < 4.78 is 10.7. The van der Waals surface area contributed by atoms with Gasteiger partial charge in [-0.25, -0.2) is 0 Å². The first-order chi connectivity index (χ1) is 10.7. The van der Waals surface area contributed by atoms with Crippen LogP contribution in [0.2, 0.25) is 10.0 Å². The molecule has 0 saturated heterocycles. The zero-order valence-corrected chi connectivity index (χ0v) is 14.0. The molecule has 0 fully saturated rings. The van der Waals surface area contributed by atoms with Crippen LogP contribution in [-0.2, 0) is 17.9 Å². The molecule has 0 spiro atoms. The third kappa shape index (κ3) is 5.85. The lowest BCUT2D eigenvalue weighted by Gasteiger charge is -2.09. The molecule has 0 atom stereocenters. The van der Waals surface area contributed by atoms with E-state index in [1.54, 1.807) is 13.2 Å². The fourth-order valence-electron chi connectivity index (χ4n) is 1.97. The second-order valence-electron chi connectivity index (χ2n) is 4.88. The molecular formula is C17H19Cl2NO2. The fourth-order valence-corrected chi connectivity index (χ4v) is 2.54. The first kappa shape index (κ1) is 17.1. The number of methoxy groups -OCH3 is 1. The Morgan fingerprint density at radius 2 is 1.64 bits per heavy atom. The van der Waals surface area contributed by atoms with Crippen molar-refractivity contribution in [1.82, 2.24) is 5.32 Å². The van der Waals surface area contributed by atoms with Crippen molar-refractivity contribution in [2.45, 2.75) is 13.2 Å². The van der Waals surface area contributed by atoms with Crippen molar-refractivity contribution in [3.8, 4) is 5.75 Å². The van der Waals surface area contributed by atoms with E-state index in [0.29, 0.717) is 23.3 Å². The Balaban J connectivity index is 1.83. The van der Waals surface area contributed by atoms with Crippen LogP contribution < -0.4 is 10.1 Å². The third-order valence-corrected chi connectivity index (χ3v) is 3.50. The van der Waals surface area contributed by atoms with Crippen LogP contribution in [0.3, 0.4) is 0 Å². The summed E-state index contributed by atoms with van der Waals surface area (Å²) in [7, 11) is 1.70. The van der Waals surface area contributed by atoms with Gasteiger partial charge in [-0.1, -0.05) is 35.3 Å². The number of nitrogens with one attached hydrogen (secondary N) is 1. The number of hydrogen-bond acceptors (Lipinski definition) is 3. The second kappa shape index (κ2) is 9.01. The van der Waals surface area contributed by atoms with Gasteiger partial charge in [0.25, 0.3) is 0 Å². The molecule has 0 unspecified atom stereocenters. The van der Waals surface area contributed by atoms with Crippen molar-refractivity contribution in [2.24, 2.45) is 0 Å². The predicted molar refractivity (Wildman–Crippen MR) is 90.8 cm³/mol. The first-order valence-corrected chi connectivity index (χ1v) is 7.79. The topological polar surface area (TPSA) is 30.5 Å². The Morgan fingerprint density at radius 3 is 2.27 bits per heavy atom. The van der Waals surface area contributed by atoms with Crippen molar-refractivity contribution in [1.29, 1.82) is 0 Å². The zero-order valence-electron chi connectivity index (χ0n) is 12.4. The van der Waals surface area contributed by atoms with E-state index in [1.165, 1.54) is 5.56 Å². The maximum absolute atomic E-state index is 5.97. The van der Waals surface area contributed by atoms with E-state index in [9.17, 15) is 0 Å². The smallest absolute Gasteiger partial charge is 0.119 e. The van der Waals surface area contributed by atoms with Crippen LogP contribution >= 0.6 is 23.2 Å². The SMILES string of the molecule is COCCNCc1ccc(OCc2cc(Cl)cc(Cl)c2)cc1. The highest BCUT2D eigenvalue weighted by atomic mass is 35.5. The van der Waals surface area contributed by atoms with Crippen molar-refractivity contribution in [2.75, 3.05) is 20.3 Å². The highest BCUT2D eigenvalue weighted by Gasteiger charge is 2.01. The van der Waals surface area contributed by atoms with Gasteiger partial charge in [-0.05, 0) is 41.5 Å². The van der Waals surface area contributed by atoms with Gasteiger partial charge < -0.3 is 14.8 Å². The Morgan fingerprint density at radius 1 is 0.955 bits per heavy atom. The molecule has 2 aromatic carbocycles. The lowest BCUT2D eigenvalue weighted by Crippen LogP contribution is -2.18. The van der Waals surface area contributed by atoms with Crippen molar-refractivity contribution >= 4 is 23.2 Å². The zero-order chi connectivity index (χ0) is 15.8. The maximum Gasteiger partial charge on any atom is 0.119 e. The normalized spacial score (nSPS) is 10.7. The molecule has 1 N–H and O–H groups in total. The van der Waals surface area contributed by atoms with E-state index < -0.39 is 0 Å². The molecule has 0 radical (unpaired) electrons. The van der Waals surface area contributed by atoms with Gasteiger partial charge in [0, 0.05) is 30.2 Å². The lowest BCUT2D eigenvalue weighted by atomic mass is 10.2. The van der Waals surface area contributed by atoms with Gasteiger partial charge in [0.2, 0.25) is 0 Å². The molecular weight excluding hydrogens is 321 g/mol. The van der Waals surface area contributed by atoms with Crippen LogP contribution in [0.25, 0.3) is 0 Å². The quantitative estimate of drug-likeness (QED) is 0.727. The summed E-state index contributed by atoms with van der Waals surface area (Å²) >= 11 is 11.9. The van der Waals surface area contributed by atoms with Crippen LogP contribution in [0.4, 0.5) is 0 Å². The minimum absolute atomic E-state index is 0.436. The van der Waals surface area contributed by atoms with Crippen LogP contribution in [0.1, 0.15) is 11.1 Å². The molecule has 0 aliphatic heterocycles. The number of hydrogen-bond donors (Lipinski definition) is 1. The Bertz CT molecular complexity index is 567. The number of rotatable bonds is 8. The van der Waals surface area contributed by atoms with E-state index in [2.05, 4.69) is 5.32 Å². The fraction of sp³-hybridized carbons (Fsp3) is 0.294. The summed E-state index contributed by atoms with van der Waals surface area (Å²) in [6, 6.07) is 13.4. The first-order valence-electron chi connectivity index (χ1n) is 7.04. The van der Waals surface area contributed by atoms with Gasteiger partial charge in [-0.15, -0.1) is 0 Å². The average Bonchev–Trinajstić information content (AvgIpc) is 2.50. The monoisotopic (exact) mass is 339 g/mol. The summed E-state index contributed by atoms with van der Waals surface area (Å²) in [5.74, 6) is 0.816. The van der Waals surface area contributed by atoms with Crippen LogP contribution in [0.15, 0.2) is 42.5 Å². The Hall–Kier alpha value is -1.26. The molecule has 5 heteroatoms. The minimum Gasteiger partial charge on any atom is -0.489 e. The van der Waals surface area contributed by atoms with Crippen molar-refractivity contribution in [3.63, 3.8) is 0 Å². The molecule has 0 aliphatic carbocycles. The minimum atomic E-state index is 0.436. The molecule has 0 heterocycles. The summed E-state index contributed by atoms with van der Waals surface area (Å²) in [6.45, 7) is 2.80. The summed E-state index contributed by atoms with van der Waals surface area (Å²) in [6.07, 6.45) is 0. The van der Waals surface area contributed by atoms with E-state index in [4.69, 9.17) is 32.7 Å². The molecule has 0 saturated carbocycles. The molecule has 22 heavy (non-hydrogen) atoms. The average molecular weight is 340 g/mol. The van der Waals surface area contributed by atoms with Crippen LogP contribution in [0, 0.1) is 0 Å². The summed E-state index contributed by atoms with van der Waals surface area (Å²) in [5.41, 5.74) is 2.15. The Kier molecular flexibility index (Phi) is 7.00. The molecule has 0 aromatic heterocycles. The van der Waals surface area contributed by atoms with Gasteiger partial charge in [0.15, 0.2) is 0 Å². The molecule has 118 valence electrons. The van der Waals surface area contributed by atoms with E-state index in [-0.39, 0.29) is 0 Å². The van der Waals surface area contributed by atoms with Gasteiger partial charge in [-0.3, -0.25) is 0 Å². The van der Waals surface area contributed by atoms with Gasteiger partial charge in [0.05, 0.1) is 6.61 Å². The molecule has 2 rings (SSSR count). The molecule has 3 nitrogen and oxygen atoms in total. The molecule has 0 aliphatic rings. The second-order valence-corrected chi connectivity index (χ2v) is 5.75. The largest absolute Gasteiger partial charge is 0.489 e. The maximum atomic E-state index is 5.97. The van der Waals surface area contributed by atoms with Crippen LogP contribution in [0.5, 0.6) is 5.75 Å².